The number of hydrogen-bond donors (Lipinski definition) is 0. The van der Waals surface area contributed by atoms with Gasteiger partial charge in [0.05, 0.1) is 17.2 Å². The summed E-state index contributed by atoms with van der Waals surface area (Å²) in [6.07, 6.45) is 0. The maximum Gasteiger partial charge on any atom is 0.134 e. The summed E-state index contributed by atoms with van der Waals surface area (Å²) in [7, 11) is 2.09. The van der Waals surface area contributed by atoms with E-state index >= 15 is 0 Å². The van der Waals surface area contributed by atoms with Gasteiger partial charge in [-0.25, -0.2) is 4.98 Å². The van der Waals surface area contributed by atoms with E-state index in [1.807, 2.05) is 23.7 Å². The molecule has 3 nitrogen and oxygen atoms in total. The molecule has 98 valence electrons. The number of fused-ring (bicyclic) bond motifs is 1. The van der Waals surface area contributed by atoms with Crippen LogP contribution in [0.4, 0.5) is 0 Å². The van der Waals surface area contributed by atoms with Crippen molar-refractivity contribution in [3.8, 4) is 0 Å². The Bertz CT molecular complexity index is 627. The van der Waals surface area contributed by atoms with Gasteiger partial charge in [-0.3, -0.25) is 4.90 Å². The molecule has 0 N–H and O–H groups in total. The van der Waals surface area contributed by atoms with Crippen LogP contribution in [0, 0.1) is 0 Å². The van der Waals surface area contributed by atoms with E-state index in [0.29, 0.717) is 0 Å². The number of rotatable bonds is 4. The highest BCUT2D eigenvalue weighted by molar-refractivity contribution is 7.07. The molecule has 1 aromatic carbocycles. The van der Waals surface area contributed by atoms with Crippen LogP contribution < -0.4 is 0 Å². The molecule has 3 rings (SSSR count). The Morgan fingerprint density at radius 3 is 2.95 bits per heavy atom. The van der Waals surface area contributed by atoms with Crippen LogP contribution in [0.5, 0.6) is 0 Å². The van der Waals surface area contributed by atoms with Gasteiger partial charge >= 0.3 is 0 Å². The van der Waals surface area contributed by atoms with Crippen molar-refractivity contribution in [2.24, 2.45) is 0 Å². The summed E-state index contributed by atoms with van der Waals surface area (Å²) in [5.74, 6) is 0.999. The van der Waals surface area contributed by atoms with E-state index in [2.05, 4.69) is 41.4 Å². The van der Waals surface area contributed by atoms with Crippen LogP contribution in [0.3, 0.4) is 0 Å². The first-order chi connectivity index (χ1) is 9.24. The van der Waals surface area contributed by atoms with Crippen LogP contribution in [0.15, 0.2) is 45.6 Å². The Labute approximate surface area is 116 Å². The SMILES string of the molecule is CC(c1cc2ccccc2o1)N(C)Cc1cscn1. The van der Waals surface area contributed by atoms with Gasteiger partial charge in [-0.1, -0.05) is 18.2 Å². The van der Waals surface area contributed by atoms with Crippen molar-refractivity contribution in [2.45, 2.75) is 19.5 Å². The van der Waals surface area contributed by atoms with Crippen LogP contribution in [-0.4, -0.2) is 16.9 Å². The summed E-state index contributed by atoms with van der Waals surface area (Å²) in [6, 6.07) is 10.5. The summed E-state index contributed by atoms with van der Waals surface area (Å²) in [4.78, 5) is 6.56. The first kappa shape index (κ1) is 12.4. The zero-order valence-electron chi connectivity index (χ0n) is 11.0. The number of thiazole rings is 1. The second-order valence-electron chi connectivity index (χ2n) is 4.76. The fraction of sp³-hybridized carbons (Fsp3) is 0.267. The maximum absolute atomic E-state index is 5.91. The predicted molar refractivity (Wildman–Crippen MR) is 78.2 cm³/mol. The summed E-state index contributed by atoms with van der Waals surface area (Å²) in [5, 5.41) is 3.24. The normalized spacial score (nSPS) is 13.2. The number of hydrogen-bond acceptors (Lipinski definition) is 4. The molecular weight excluding hydrogens is 256 g/mol. The summed E-state index contributed by atoms with van der Waals surface area (Å²) < 4.78 is 5.91. The molecule has 0 spiro atoms. The minimum atomic E-state index is 0.231. The lowest BCUT2D eigenvalue weighted by Crippen LogP contribution is -2.21. The van der Waals surface area contributed by atoms with Crippen molar-refractivity contribution in [3.63, 3.8) is 0 Å². The topological polar surface area (TPSA) is 29.3 Å². The zero-order chi connectivity index (χ0) is 13.2. The third kappa shape index (κ3) is 2.55. The maximum atomic E-state index is 5.91. The Morgan fingerprint density at radius 1 is 1.37 bits per heavy atom. The molecule has 1 unspecified atom stereocenters. The molecule has 0 aliphatic rings. The number of para-hydroxylation sites is 1. The highest BCUT2D eigenvalue weighted by Gasteiger charge is 2.16. The average molecular weight is 272 g/mol. The minimum Gasteiger partial charge on any atom is -0.459 e. The molecule has 0 radical (unpaired) electrons. The van der Waals surface area contributed by atoms with Gasteiger partial charge in [0.25, 0.3) is 0 Å². The highest BCUT2D eigenvalue weighted by atomic mass is 32.1. The fourth-order valence-electron chi connectivity index (χ4n) is 2.13. The van der Waals surface area contributed by atoms with Crippen molar-refractivity contribution in [1.29, 1.82) is 0 Å². The van der Waals surface area contributed by atoms with Gasteiger partial charge in [0, 0.05) is 17.3 Å². The second-order valence-corrected chi connectivity index (χ2v) is 5.48. The lowest BCUT2D eigenvalue weighted by Gasteiger charge is -2.21. The van der Waals surface area contributed by atoms with E-state index < -0.39 is 0 Å². The molecule has 2 aromatic heterocycles. The molecule has 0 saturated heterocycles. The summed E-state index contributed by atoms with van der Waals surface area (Å²) in [5.41, 5.74) is 3.93. The molecule has 1 atom stereocenters. The molecule has 0 bridgehead atoms. The fourth-order valence-corrected chi connectivity index (χ4v) is 2.68. The Morgan fingerprint density at radius 2 is 2.21 bits per heavy atom. The summed E-state index contributed by atoms with van der Waals surface area (Å²) >= 11 is 1.63. The number of nitrogens with zero attached hydrogens (tertiary/aromatic N) is 2. The van der Waals surface area contributed by atoms with Gasteiger partial charge in [-0.15, -0.1) is 11.3 Å². The molecular formula is C15H16N2OS. The van der Waals surface area contributed by atoms with Crippen molar-refractivity contribution in [2.75, 3.05) is 7.05 Å². The molecule has 3 aromatic rings. The van der Waals surface area contributed by atoms with Crippen LogP contribution in [0.2, 0.25) is 0 Å². The van der Waals surface area contributed by atoms with E-state index in [4.69, 9.17) is 4.42 Å². The van der Waals surface area contributed by atoms with Crippen molar-refractivity contribution < 1.29 is 4.42 Å². The minimum absolute atomic E-state index is 0.231. The van der Waals surface area contributed by atoms with Gasteiger partial charge in [0.2, 0.25) is 0 Å². The van der Waals surface area contributed by atoms with Crippen molar-refractivity contribution in [3.05, 3.63) is 52.7 Å². The predicted octanol–water partition coefficient (Wildman–Crippen LogP) is 4.08. The quantitative estimate of drug-likeness (QED) is 0.716. The van der Waals surface area contributed by atoms with Gasteiger partial charge in [-0.05, 0) is 26.1 Å². The number of benzene rings is 1. The average Bonchev–Trinajstić information content (AvgIpc) is 3.05. The van der Waals surface area contributed by atoms with E-state index in [1.165, 1.54) is 0 Å². The third-order valence-corrected chi connectivity index (χ3v) is 4.05. The van der Waals surface area contributed by atoms with Gasteiger partial charge < -0.3 is 4.42 Å². The number of furan rings is 1. The smallest absolute Gasteiger partial charge is 0.134 e. The molecule has 4 heteroatoms. The number of aromatic nitrogens is 1. The third-order valence-electron chi connectivity index (χ3n) is 3.41. The summed E-state index contributed by atoms with van der Waals surface area (Å²) in [6.45, 7) is 2.99. The van der Waals surface area contributed by atoms with E-state index in [1.54, 1.807) is 11.3 Å². The first-order valence-corrected chi connectivity index (χ1v) is 7.24. The Balaban J connectivity index is 1.80. The Hall–Kier alpha value is -1.65. The van der Waals surface area contributed by atoms with Crippen LogP contribution >= 0.6 is 11.3 Å². The highest BCUT2D eigenvalue weighted by Crippen LogP contribution is 2.27. The standard InChI is InChI=1S/C15H16N2OS/c1-11(17(2)8-13-9-19-10-16-13)15-7-12-5-3-4-6-14(12)18-15/h3-7,9-11H,8H2,1-2H3. The zero-order valence-corrected chi connectivity index (χ0v) is 11.9. The molecule has 0 fully saturated rings. The lowest BCUT2D eigenvalue weighted by molar-refractivity contribution is 0.224. The first-order valence-electron chi connectivity index (χ1n) is 6.30. The van der Waals surface area contributed by atoms with Gasteiger partial charge in [-0.2, -0.15) is 0 Å². The van der Waals surface area contributed by atoms with Crippen molar-refractivity contribution >= 4 is 22.3 Å². The molecule has 0 saturated carbocycles. The molecule has 0 aliphatic carbocycles. The van der Waals surface area contributed by atoms with Crippen LogP contribution in [-0.2, 0) is 6.54 Å². The molecule has 19 heavy (non-hydrogen) atoms. The largest absolute Gasteiger partial charge is 0.459 e. The van der Waals surface area contributed by atoms with Crippen LogP contribution in [0.1, 0.15) is 24.4 Å². The van der Waals surface area contributed by atoms with Gasteiger partial charge in [0.15, 0.2) is 0 Å². The molecule has 0 amide bonds. The lowest BCUT2D eigenvalue weighted by atomic mass is 10.2. The van der Waals surface area contributed by atoms with E-state index in [9.17, 15) is 0 Å². The molecule has 2 heterocycles. The monoisotopic (exact) mass is 272 g/mol. The van der Waals surface area contributed by atoms with Crippen LogP contribution in [0.25, 0.3) is 11.0 Å². The van der Waals surface area contributed by atoms with Gasteiger partial charge in [0.1, 0.15) is 11.3 Å². The Kier molecular flexibility index (Phi) is 3.36. The van der Waals surface area contributed by atoms with Crippen molar-refractivity contribution in [1.82, 2.24) is 9.88 Å². The van der Waals surface area contributed by atoms with E-state index in [0.717, 1.165) is 29.0 Å². The molecule has 0 aliphatic heterocycles. The second kappa shape index (κ2) is 5.15. The van der Waals surface area contributed by atoms with E-state index in [-0.39, 0.29) is 6.04 Å².